The number of amides is 1. The van der Waals surface area contributed by atoms with Crippen LogP contribution in [-0.2, 0) is 0 Å². The molecule has 1 fully saturated rings. The predicted octanol–water partition coefficient (Wildman–Crippen LogP) is 1.17. The first-order chi connectivity index (χ1) is 13.2. The molecule has 9 nitrogen and oxygen atoms in total. The van der Waals surface area contributed by atoms with Gasteiger partial charge in [0.25, 0.3) is 5.91 Å². The van der Waals surface area contributed by atoms with Crippen LogP contribution in [0.25, 0.3) is 5.65 Å². The number of nitrogens with one attached hydrogen (secondary N) is 1. The molecule has 3 aromatic rings. The van der Waals surface area contributed by atoms with Gasteiger partial charge < -0.3 is 20.7 Å². The third-order valence-electron chi connectivity index (χ3n) is 5.06. The fourth-order valence-corrected chi connectivity index (χ4v) is 3.86. The summed E-state index contributed by atoms with van der Waals surface area (Å²) in [7, 11) is 0. The highest BCUT2D eigenvalue weighted by Crippen LogP contribution is 2.38. The van der Waals surface area contributed by atoms with Gasteiger partial charge in [0, 0.05) is 24.5 Å². The summed E-state index contributed by atoms with van der Waals surface area (Å²) in [6.45, 7) is 1.52. The monoisotopic (exact) mass is 365 g/mol. The fraction of sp³-hybridized carbons (Fsp3) is 0.333. The number of nitrogens with zero attached hydrogens (tertiary/aromatic N) is 5. The molecular weight excluding hydrogens is 346 g/mol. The van der Waals surface area contributed by atoms with Gasteiger partial charge in [0.15, 0.2) is 11.5 Å². The highest BCUT2D eigenvalue weighted by molar-refractivity contribution is 6.04. The van der Waals surface area contributed by atoms with Crippen molar-refractivity contribution in [3.63, 3.8) is 0 Å². The van der Waals surface area contributed by atoms with Crippen molar-refractivity contribution >= 4 is 23.2 Å². The number of carbonyl (C=O) groups excluding carboxylic acids is 1. The minimum absolute atomic E-state index is 0.122. The molecule has 0 spiro atoms. The van der Waals surface area contributed by atoms with Crippen LogP contribution in [0.4, 0.5) is 11.6 Å². The van der Waals surface area contributed by atoms with E-state index >= 15 is 0 Å². The highest BCUT2D eigenvalue weighted by Gasteiger charge is 2.31. The zero-order valence-electron chi connectivity index (χ0n) is 14.6. The molecule has 0 aliphatic carbocycles. The molecule has 5 rings (SSSR count). The summed E-state index contributed by atoms with van der Waals surface area (Å²) in [6, 6.07) is 5.99. The number of anilines is 2. The number of hydrogen-bond donors (Lipinski definition) is 2. The molecule has 9 heteroatoms. The van der Waals surface area contributed by atoms with E-state index in [0.717, 1.165) is 30.8 Å². The topological polar surface area (TPSA) is 111 Å². The molecule has 3 aromatic heterocycles. The summed E-state index contributed by atoms with van der Waals surface area (Å²) < 4.78 is 7.42. The second kappa shape index (κ2) is 6.11. The Balaban J connectivity index is 1.69. The van der Waals surface area contributed by atoms with E-state index in [-0.39, 0.29) is 17.8 Å². The lowest BCUT2D eigenvalue weighted by atomic mass is 10.1. The second-order valence-corrected chi connectivity index (χ2v) is 6.67. The van der Waals surface area contributed by atoms with Gasteiger partial charge in [0.05, 0.1) is 12.6 Å². The molecule has 2 bridgehead atoms. The smallest absolute Gasteiger partial charge is 0.259 e. The summed E-state index contributed by atoms with van der Waals surface area (Å²) in [5, 5.41) is 7.03. The van der Waals surface area contributed by atoms with Gasteiger partial charge in [0.1, 0.15) is 18.0 Å². The number of ether oxygens (including phenoxy) is 1. The molecule has 2 aliphatic rings. The van der Waals surface area contributed by atoms with Crippen molar-refractivity contribution in [3.05, 3.63) is 41.7 Å². The van der Waals surface area contributed by atoms with E-state index in [9.17, 15) is 4.79 Å². The van der Waals surface area contributed by atoms with Crippen LogP contribution in [0.15, 0.2) is 30.6 Å². The number of fused-ring (bicyclic) bond motifs is 5. The predicted molar refractivity (Wildman–Crippen MR) is 98.8 cm³/mol. The number of carbonyl (C=O) groups is 1. The summed E-state index contributed by atoms with van der Waals surface area (Å²) in [5.41, 5.74) is 7.77. The summed E-state index contributed by atoms with van der Waals surface area (Å²) in [6.07, 6.45) is 5.54. The number of hydrogen-bond acceptors (Lipinski definition) is 7. The first-order valence-corrected chi connectivity index (χ1v) is 9.00. The Labute approximate surface area is 155 Å². The van der Waals surface area contributed by atoms with Gasteiger partial charge in [-0.3, -0.25) is 4.79 Å². The molecule has 3 N–H and O–H groups in total. The molecular formula is C18H19N7O2. The first kappa shape index (κ1) is 15.9. The van der Waals surface area contributed by atoms with Crippen molar-refractivity contribution in [2.75, 3.05) is 30.3 Å². The van der Waals surface area contributed by atoms with Crippen LogP contribution in [0.2, 0.25) is 0 Å². The molecule has 0 saturated carbocycles. The van der Waals surface area contributed by atoms with Crippen molar-refractivity contribution in [1.82, 2.24) is 24.9 Å². The molecule has 0 aromatic carbocycles. The molecule has 2 aliphatic heterocycles. The summed E-state index contributed by atoms with van der Waals surface area (Å²) >= 11 is 0. The van der Waals surface area contributed by atoms with E-state index in [2.05, 4.69) is 20.3 Å². The van der Waals surface area contributed by atoms with Crippen LogP contribution in [0, 0.1) is 0 Å². The van der Waals surface area contributed by atoms with Crippen LogP contribution >= 0.6 is 0 Å². The van der Waals surface area contributed by atoms with E-state index in [1.54, 1.807) is 16.9 Å². The lowest BCUT2D eigenvalue weighted by Crippen LogP contribution is -2.29. The Kier molecular flexibility index (Phi) is 3.59. The lowest BCUT2D eigenvalue weighted by molar-refractivity contribution is 0.0949. The quantitative estimate of drug-likeness (QED) is 0.615. The van der Waals surface area contributed by atoms with E-state index in [1.807, 2.05) is 18.2 Å². The normalized spacial score (nSPS) is 19.5. The Morgan fingerprint density at radius 1 is 1.33 bits per heavy atom. The number of aromatic nitrogens is 4. The van der Waals surface area contributed by atoms with Crippen molar-refractivity contribution < 1.29 is 9.53 Å². The summed E-state index contributed by atoms with van der Waals surface area (Å²) in [4.78, 5) is 24.0. The van der Waals surface area contributed by atoms with Crippen LogP contribution < -0.4 is 20.7 Å². The third kappa shape index (κ3) is 2.54. The molecule has 1 amide bonds. The van der Waals surface area contributed by atoms with Gasteiger partial charge in [-0.15, -0.1) is 5.10 Å². The van der Waals surface area contributed by atoms with Crippen molar-refractivity contribution in [2.24, 2.45) is 0 Å². The Morgan fingerprint density at radius 3 is 3.19 bits per heavy atom. The minimum atomic E-state index is -0.311. The van der Waals surface area contributed by atoms with Gasteiger partial charge in [-0.05, 0) is 25.0 Å². The standard InChI is InChI=1S/C18H19N7O2/c19-15-14-16-22-13(5-9-25(16)23-15)24-8-2-4-12(24)11-3-1-6-21-18(11)27-10-7-20-17(14)26/h1,3,5-6,9,12H,2,4,7-8,10H2,(H2,19,23)(H,20,26). The largest absolute Gasteiger partial charge is 0.476 e. The molecule has 1 unspecified atom stereocenters. The van der Waals surface area contributed by atoms with Gasteiger partial charge in [0.2, 0.25) is 5.88 Å². The average Bonchev–Trinajstić information content (AvgIpc) is 3.28. The van der Waals surface area contributed by atoms with Crippen LogP contribution in [-0.4, -0.2) is 45.2 Å². The van der Waals surface area contributed by atoms with E-state index in [0.29, 0.717) is 30.2 Å². The third-order valence-corrected chi connectivity index (χ3v) is 5.06. The lowest BCUT2D eigenvalue weighted by Gasteiger charge is -2.27. The van der Waals surface area contributed by atoms with E-state index in [4.69, 9.17) is 15.5 Å². The van der Waals surface area contributed by atoms with Crippen molar-refractivity contribution in [3.8, 4) is 5.88 Å². The number of nitrogen functional groups attached to an aromatic ring is 1. The van der Waals surface area contributed by atoms with Crippen LogP contribution in [0.1, 0.15) is 34.8 Å². The zero-order chi connectivity index (χ0) is 18.4. The van der Waals surface area contributed by atoms with Crippen molar-refractivity contribution in [2.45, 2.75) is 18.9 Å². The Morgan fingerprint density at radius 2 is 2.26 bits per heavy atom. The maximum atomic E-state index is 12.6. The number of pyridine rings is 1. The molecule has 1 saturated heterocycles. The van der Waals surface area contributed by atoms with E-state index < -0.39 is 0 Å². The number of rotatable bonds is 0. The van der Waals surface area contributed by atoms with Crippen molar-refractivity contribution in [1.29, 1.82) is 0 Å². The number of nitrogens with two attached hydrogens (primary N) is 1. The average molecular weight is 365 g/mol. The Hall–Kier alpha value is -3.36. The van der Waals surface area contributed by atoms with Gasteiger partial charge in [-0.2, -0.15) is 0 Å². The zero-order valence-corrected chi connectivity index (χ0v) is 14.6. The molecule has 5 heterocycles. The SMILES string of the molecule is Nc1nn2ccc3nc2c1C(=O)NCCOc1ncccc1C1CCCN31. The Bertz CT molecular complexity index is 1030. The van der Waals surface area contributed by atoms with Gasteiger partial charge in [-0.1, -0.05) is 6.07 Å². The van der Waals surface area contributed by atoms with Crippen LogP contribution in [0.3, 0.4) is 0 Å². The van der Waals surface area contributed by atoms with E-state index in [1.165, 1.54) is 0 Å². The fourth-order valence-electron chi connectivity index (χ4n) is 3.86. The summed E-state index contributed by atoms with van der Waals surface area (Å²) in [5.74, 6) is 1.24. The first-order valence-electron chi connectivity index (χ1n) is 9.00. The van der Waals surface area contributed by atoms with Gasteiger partial charge in [-0.25, -0.2) is 14.5 Å². The van der Waals surface area contributed by atoms with Gasteiger partial charge >= 0.3 is 0 Å². The maximum absolute atomic E-state index is 12.6. The molecule has 1 atom stereocenters. The minimum Gasteiger partial charge on any atom is -0.476 e. The molecule has 138 valence electrons. The second-order valence-electron chi connectivity index (χ2n) is 6.67. The maximum Gasteiger partial charge on any atom is 0.259 e. The highest BCUT2D eigenvalue weighted by atomic mass is 16.5. The molecule has 0 radical (unpaired) electrons. The van der Waals surface area contributed by atoms with Crippen LogP contribution in [0.5, 0.6) is 5.88 Å². The molecule has 27 heavy (non-hydrogen) atoms.